The second-order valence-corrected chi connectivity index (χ2v) is 5.42. The summed E-state index contributed by atoms with van der Waals surface area (Å²) < 4.78 is 13.7. The second kappa shape index (κ2) is 8.03. The number of likely N-dealkylation sites (N-methyl/N-ethyl adjacent to an activating group) is 1. The lowest BCUT2D eigenvalue weighted by molar-refractivity contribution is 0.0914. The number of aliphatic hydroxyl groups is 2. The Kier molecular flexibility index (Phi) is 6.07. The van der Waals surface area contributed by atoms with Crippen molar-refractivity contribution in [1.29, 1.82) is 0 Å². The average molecular weight is 303 g/mol. The minimum Gasteiger partial charge on any atom is -0.396 e. The van der Waals surface area contributed by atoms with Gasteiger partial charge in [0.25, 0.3) is 0 Å². The molecule has 0 aliphatic heterocycles. The maximum atomic E-state index is 13.7. The van der Waals surface area contributed by atoms with Gasteiger partial charge in [-0.05, 0) is 25.1 Å². The maximum Gasteiger partial charge on any atom is 0.129 e. The van der Waals surface area contributed by atoms with E-state index in [1.165, 1.54) is 6.07 Å². The molecule has 0 spiro atoms. The molecule has 4 heteroatoms. The van der Waals surface area contributed by atoms with Crippen LogP contribution in [0.4, 0.5) is 4.39 Å². The number of hydrogen-bond acceptors (Lipinski definition) is 3. The van der Waals surface area contributed by atoms with Gasteiger partial charge in [-0.2, -0.15) is 0 Å². The van der Waals surface area contributed by atoms with Crippen LogP contribution in [0, 0.1) is 5.82 Å². The molecule has 2 aromatic carbocycles. The summed E-state index contributed by atoms with van der Waals surface area (Å²) in [7, 11) is 1.87. The first-order chi connectivity index (χ1) is 10.6. The molecule has 0 saturated heterocycles. The van der Waals surface area contributed by atoms with Crippen LogP contribution in [-0.4, -0.2) is 35.3 Å². The highest BCUT2D eigenvalue weighted by Gasteiger charge is 2.21. The van der Waals surface area contributed by atoms with Crippen LogP contribution >= 0.6 is 0 Å². The van der Waals surface area contributed by atoms with Crippen molar-refractivity contribution in [3.63, 3.8) is 0 Å². The van der Waals surface area contributed by atoms with E-state index in [0.29, 0.717) is 18.5 Å². The summed E-state index contributed by atoms with van der Waals surface area (Å²) in [6.45, 7) is 0.347. The van der Waals surface area contributed by atoms with Gasteiger partial charge in [0.05, 0.1) is 6.10 Å². The zero-order valence-corrected chi connectivity index (χ0v) is 12.7. The van der Waals surface area contributed by atoms with Gasteiger partial charge in [0, 0.05) is 24.8 Å². The van der Waals surface area contributed by atoms with Gasteiger partial charge in [-0.3, -0.25) is 4.90 Å². The van der Waals surface area contributed by atoms with Crippen molar-refractivity contribution in [1.82, 2.24) is 4.90 Å². The van der Waals surface area contributed by atoms with Gasteiger partial charge in [0.15, 0.2) is 0 Å². The SMILES string of the molecule is CN(CC(O)c1ccccc1F)C(CCO)c1ccccc1. The molecule has 0 aromatic heterocycles. The van der Waals surface area contributed by atoms with E-state index in [9.17, 15) is 14.6 Å². The third kappa shape index (κ3) is 4.13. The number of hydrogen-bond donors (Lipinski definition) is 2. The fraction of sp³-hybridized carbons (Fsp3) is 0.333. The van der Waals surface area contributed by atoms with Crippen LogP contribution in [-0.2, 0) is 0 Å². The topological polar surface area (TPSA) is 43.7 Å². The standard InChI is InChI=1S/C18H22FNO2/c1-20(13-18(22)15-9-5-6-10-16(15)19)17(11-12-21)14-7-3-2-4-8-14/h2-10,17-18,21-22H,11-13H2,1H3. The summed E-state index contributed by atoms with van der Waals surface area (Å²) in [6.07, 6.45) is -0.346. The van der Waals surface area contributed by atoms with Gasteiger partial charge in [0.1, 0.15) is 5.82 Å². The van der Waals surface area contributed by atoms with E-state index in [1.807, 2.05) is 42.3 Å². The fourth-order valence-corrected chi connectivity index (χ4v) is 2.68. The van der Waals surface area contributed by atoms with Gasteiger partial charge in [-0.25, -0.2) is 4.39 Å². The molecular formula is C18H22FNO2. The van der Waals surface area contributed by atoms with E-state index in [4.69, 9.17) is 0 Å². The molecule has 0 saturated carbocycles. The van der Waals surface area contributed by atoms with Crippen LogP contribution in [0.25, 0.3) is 0 Å². The minimum atomic E-state index is -0.906. The van der Waals surface area contributed by atoms with Crippen molar-refractivity contribution in [3.05, 3.63) is 71.5 Å². The van der Waals surface area contributed by atoms with Crippen LogP contribution in [0.15, 0.2) is 54.6 Å². The first-order valence-corrected chi connectivity index (χ1v) is 7.42. The highest BCUT2D eigenvalue weighted by molar-refractivity contribution is 5.21. The van der Waals surface area contributed by atoms with Crippen LogP contribution in [0.2, 0.25) is 0 Å². The van der Waals surface area contributed by atoms with Crippen LogP contribution in [0.5, 0.6) is 0 Å². The van der Waals surface area contributed by atoms with Crippen LogP contribution < -0.4 is 0 Å². The Balaban J connectivity index is 2.11. The highest BCUT2D eigenvalue weighted by Crippen LogP contribution is 2.26. The Hall–Kier alpha value is -1.75. The molecule has 0 bridgehead atoms. The number of benzene rings is 2. The number of halogens is 1. The molecule has 22 heavy (non-hydrogen) atoms. The van der Waals surface area contributed by atoms with Gasteiger partial charge in [-0.1, -0.05) is 48.5 Å². The molecule has 0 aliphatic rings. The van der Waals surface area contributed by atoms with Gasteiger partial charge in [-0.15, -0.1) is 0 Å². The zero-order chi connectivity index (χ0) is 15.9. The van der Waals surface area contributed by atoms with Gasteiger partial charge >= 0.3 is 0 Å². The van der Waals surface area contributed by atoms with Crippen molar-refractivity contribution in [2.75, 3.05) is 20.2 Å². The van der Waals surface area contributed by atoms with Crippen molar-refractivity contribution in [2.24, 2.45) is 0 Å². The molecule has 0 radical (unpaired) electrons. The smallest absolute Gasteiger partial charge is 0.129 e. The van der Waals surface area contributed by atoms with E-state index in [1.54, 1.807) is 18.2 Å². The van der Waals surface area contributed by atoms with Crippen molar-refractivity contribution in [2.45, 2.75) is 18.6 Å². The summed E-state index contributed by atoms with van der Waals surface area (Å²) in [5, 5.41) is 19.6. The molecule has 2 unspecified atom stereocenters. The Morgan fingerprint density at radius 2 is 1.68 bits per heavy atom. The zero-order valence-electron chi connectivity index (χ0n) is 12.7. The lowest BCUT2D eigenvalue weighted by atomic mass is 10.0. The van der Waals surface area contributed by atoms with Crippen LogP contribution in [0.1, 0.15) is 29.7 Å². The van der Waals surface area contributed by atoms with E-state index < -0.39 is 11.9 Å². The molecule has 2 N–H and O–H groups in total. The van der Waals surface area contributed by atoms with E-state index >= 15 is 0 Å². The van der Waals surface area contributed by atoms with E-state index in [2.05, 4.69) is 0 Å². The number of rotatable bonds is 7. The molecule has 118 valence electrons. The van der Waals surface area contributed by atoms with E-state index in [0.717, 1.165) is 5.56 Å². The quantitative estimate of drug-likeness (QED) is 0.826. The minimum absolute atomic E-state index is 0.0207. The predicted octanol–water partition coefficient (Wildman–Crippen LogP) is 2.91. The lowest BCUT2D eigenvalue weighted by Crippen LogP contribution is -2.30. The van der Waals surface area contributed by atoms with Crippen molar-refractivity contribution >= 4 is 0 Å². The second-order valence-electron chi connectivity index (χ2n) is 5.42. The normalized spacial score (nSPS) is 14.0. The first-order valence-electron chi connectivity index (χ1n) is 7.42. The monoisotopic (exact) mass is 303 g/mol. The molecule has 2 atom stereocenters. The maximum absolute atomic E-state index is 13.7. The molecule has 0 heterocycles. The predicted molar refractivity (Wildman–Crippen MR) is 84.9 cm³/mol. The Bertz CT molecular complexity index is 576. The summed E-state index contributed by atoms with van der Waals surface area (Å²) >= 11 is 0. The Morgan fingerprint density at radius 1 is 1.05 bits per heavy atom. The van der Waals surface area contributed by atoms with Crippen molar-refractivity contribution < 1.29 is 14.6 Å². The first kappa shape index (κ1) is 16.6. The summed E-state index contributed by atoms with van der Waals surface area (Å²) in [4.78, 5) is 1.95. The molecular weight excluding hydrogens is 281 g/mol. The third-order valence-corrected chi connectivity index (χ3v) is 3.84. The van der Waals surface area contributed by atoms with Crippen LogP contribution in [0.3, 0.4) is 0 Å². The molecule has 3 nitrogen and oxygen atoms in total. The fourth-order valence-electron chi connectivity index (χ4n) is 2.68. The molecule has 0 fully saturated rings. The Labute approximate surface area is 130 Å². The largest absolute Gasteiger partial charge is 0.396 e. The summed E-state index contributed by atoms with van der Waals surface area (Å²) in [5.41, 5.74) is 1.37. The van der Waals surface area contributed by atoms with Gasteiger partial charge in [0.2, 0.25) is 0 Å². The number of nitrogens with zero attached hydrogens (tertiary/aromatic N) is 1. The van der Waals surface area contributed by atoms with Crippen molar-refractivity contribution in [3.8, 4) is 0 Å². The lowest BCUT2D eigenvalue weighted by Gasteiger charge is -2.30. The highest BCUT2D eigenvalue weighted by atomic mass is 19.1. The third-order valence-electron chi connectivity index (χ3n) is 3.84. The summed E-state index contributed by atoms with van der Waals surface area (Å²) in [6, 6.07) is 16.1. The molecule has 0 aliphatic carbocycles. The number of aliphatic hydroxyl groups excluding tert-OH is 2. The molecule has 2 rings (SSSR count). The summed E-state index contributed by atoms with van der Waals surface area (Å²) in [5.74, 6) is -0.401. The molecule has 2 aromatic rings. The molecule has 0 amide bonds. The average Bonchev–Trinajstić information content (AvgIpc) is 2.53. The Morgan fingerprint density at radius 3 is 2.32 bits per heavy atom. The van der Waals surface area contributed by atoms with Gasteiger partial charge < -0.3 is 10.2 Å². The van der Waals surface area contributed by atoms with E-state index in [-0.39, 0.29) is 12.6 Å².